The third-order valence-corrected chi connectivity index (χ3v) is 3.45. The van der Waals surface area contributed by atoms with Crippen LogP contribution in [0.2, 0.25) is 0 Å². The van der Waals surface area contributed by atoms with Gasteiger partial charge in [-0.1, -0.05) is 30.8 Å². The van der Waals surface area contributed by atoms with Crippen LogP contribution in [0.1, 0.15) is 20.3 Å². The molecule has 1 unspecified atom stereocenters. The minimum atomic E-state index is 0.0107. The Bertz CT molecular complexity index is 506. The van der Waals surface area contributed by atoms with E-state index in [0.29, 0.717) is 11.0 Å². The molecule has 0 aliphatic carbocycles. The lowest BCUT2D eigenvalue weighted by Gasteiger charge is -2.09. The van der Waals surface area contributed by atoms with Gasteiger partial charge in [0.1, 0.15) is 5.52 Å². The van der Waals surface area contributed by atoms with Gasteiger partial charge in [0.15, 0.2) is 5.58 Å². The first-order valence-corrected chi connectivity index (χ1v) is 6.95. The van der Waals surface area contributed by atoms with Crippen LogP contribution < -0.4 is 5.32 Å². The molecule has 4 nitrogen and oxygen atoms in total. The Hall–Kier alpha value is -1.49. The Morgan fingerprint density at radius 2 is 2.28 bits per heavy atom. The molecule has 0 spiro atoms. The third kappa shape index (κ3) is 3.26. The summed E-state index contributed by atoms with van der Waals surface area (Å²) in [6.07, 6.45) is 0.930. The molecular formula is C13H16N2O2S. The fourth-order valence-electron chi connectivity index (χ4n) is 1.46. The van der Waals surface area contributed by atoms with Crippen LogP contribution in [-0.4, -0.2) is 22.7 Å². The summed E-state index contributed by atoms with van der Waals surface area (Å²) in [4.78, 5) is 15.9. The average molecular weight is 264 g/mol. The van der Waals surface area contributed by atoms with E-state index in [4.69, 9.17) is 4.42 Å². The molecule has 0 aliphatic rings. The number of hydrogen-bond donors (Lipinski definition) is 1. The zero-order chi connectivity index (χ0) is 13.0. The smallest absolute Gasteiger partial charge is 0.257 e. The molecule has 5 heteroatoms. The lowest BCUT2D eigenvalue weighted by Crippen LogP contribution is -2.33. The van der Waals surface area contributed by atoms with Crippen LogP contribution in [0.5, 0.6) is 0 Å². The number of hydrogen-bond acceptors (Lipinski definition) is 4. The minimum Gasteiger partial charge on any atom is -0.431 e. The SMILES string of the molecule is CCC(C)NC(=O)CSc1nc2ccccc2o1. The highest BCUT2D eigenvalue weighted by Gasteiger charge is 2.10. The third-order valence-electron chi connectivity index (χ3n) is 2.62. The number of fused-ring (bicyclic) bond motifs is 1. The summed E-state index contributed by atoms with van der Waals surface area (Å²) >= 11 is 1.32. The molecule has 1 aromatic heterocycles. The standard InChI is InChI=1S/C13H16N2O2S/c1-3-9(2)14-12(16)8-18-13-15-10-6-4-5-7-11(10)17-13/h4-7,9H,3,8H2,1-2H3,(H,14,16). The molecule has 96 valence electrons. The van der Waals surface area contributed by atoms with E-state index in [1.165, 1.54) is 11.8 Å². The molecule has 2 aromatic rings. The van der Waals surface area contributed by atoms with Gasteiger partial charge in [-0.05, 0) is 25.5 Å². The van der Waals surface area contributed by atoms with Crippen molar-refractivity contribution in [3.63, 3.8) is 0 Å². The van der Waals surface area contributed by atoms with Crippen molar-refractivity contribution in [3.05, 3.63) is 24.3 Å². The number of aromatic nitrogens is 1. The number of carbonyl (C=O) groups excluding carboxylic acids is 1. The van der Waals surface area contributed by atoms with E-state index in [1.54, 1.807) is 0 Å². The maximum Gasteiger partial charge on any atom is 0.257 e. The van der Waals surface area contributed by atoms with Gasteiger partial charge in [0.05, 0.1) is 5.75 Å². The lowest BCUT2D eigenvalue weighted by atomic mass is 10.3. The normalized spacial score (nSPS) is 12.6. The predicted molar refractivity (Wildman–Crippen MR) is 72.6 cm³/mol. The highest BCUT2D eigenvalue weighted by atomic mass is 32.2. The molecular weight excluding hydrogens is 248 g/mol. The first-order valence-electron chi connectivity index (χ1n) is 5.96. The number of para-hydroxylation sites is 2. The predicted octanol–water partition coefficient (Wildman–Crippen LogP) is 2.83. The van der Waals surface area contributed by atoms with Crippen LogP contribution in [0.15, 0.2) is 33.9 Å². The Morgan fingerprint density at radius 1 is 1.50 bits per heavy atom. The van der Waals surface area contributed by atoms with Gasteiger partial charge >= 0.3 is 0 Å². The molecule has 1 heterocycles. The van der Waals surface area contributed by atoms with Crippen molar-refractivity contribution >= 4 is 28.8 Å². The summed E-state index contributed by atoms with van der Waals surface area (Å²) in [6.45, 7) is 4.03. The van der Waals surface area contributed by atoms with E-state index in [9.17, 15) is 4.79 Å². The molecule has 0 saturated carbocycles. The summed E-state index contributed by atoms with van der Waals surface area (Å²) in [5, 5.41) is 3.44. The maximum atomic E-state index is 11.6. The van der Waals surface area contributed by atoms with Crippen molar-refractivity contribution in [1.82, 2.24) is 10.3 Å². The van der Waals surface area contributed by atoms with Gasteiger partial charge < -0.3 is 9.73 Å². The molecule has 0 saturated heterocycles. The van der Waals surface area contributed by atoms with Crippen molar-refractivity contribution in [2.24, 2.45) is 0 Å². The fraction of sp³-hybridized carbons (Fsp3) is 0.385. The number of thioether (sulfide) groups is 1. The first-order chi connectivity index (χ1) is 8.69. The number of carbonyl (C=O) groups is 1. The number of amides is 1. The van der Waals surface area contributed by atoms with Crippen LogP contribution in [-0.2, 0) is 4.79 Å². The number of nitrogens with one attached hydrogen (secondary N) is 1. The molecule has 0 radical (unpaired) electrons. The highest BCUT2D eigenvalue weighted by molar-refractivity contribution is 7.99. The van der Waals surface area contributed by atoms with Gasteiger partial charge in [0.2, 0.25) is 5.91 Å². The molecule has 2 rings (SSSR count). The molecule has 0 aliphatic heterocycles. The summed E-state index contributed by atoms with van der Waals surface area (Å²) < 4.78 is 5.52. The van der Waals surface area contributed by atoms with Crippen molar-refractivity contribution < 1.29 is 9.21 Å². The molecule has 1 atom stereocenters. The molecule has 1 N–H and O–H groups in total. The van der Waals surface area contributed by atoms with Gasteiger partial charge in [-0.25, -0.2) is 4.98 Å². The van der Waals surface area contributed by atoms with Gasteiger partial charge in [-0.3, -0.25) is 4.79 Å². The fourth-order valence-corrected chi connectivity index (χ4v) is 2.11. The molecule has 0 bridgehead atoms. The monoisotopic (exact) mass is 264 g/mol. The molecule has 0 fully saturated rings. The molecule has 1 amide bonds. The number of nitrogens with zero attached hydrogens (tertiary/aromatic N) is 1. The van der Waals surface area contributed by atoms with E-state index in [2.05, 4.69) is 10.3 Å². The van der Waals surface area contributed by atoms with Gasteiger partial charge in [-0.15, -0.1) is 0 Å². The van der Waals surface area contributed by atoms with E-state index >= 15 is 0 Å². The highest BCUT2D eigenvalue weighted by Crippen LogP contribution is 2.22. The quantitative estimate of drug-likeness (QED) is 0.844. The second-order valence-corrected chi connectivity index (χ2v) is 5.04. The van der Waals surface area contributed by atoms with Crippen molar-refractivity contribution in [2.75, 3.05) is 5.75 Å². The maximum absolute atomic E-state index is 11.6. The van der Waals surface area contributed by atoms with Crippen LogP contribution >= 0.6 is 11.8 Å². The number of oxazole rings is 1. The molecule has 1 aromatic carbocycles. The van der Waals surface area contributed by atoms with Crippen molar-refractivity contribution in [1.29, 1.82) is 0 Å². The van der Waals surface area contributed by atoms with Gasteiger partial charge in [0, 0.05) is 6.04 Å². The second kappa shape index (κ2) is 5.91. The van der Waals surface area contributed by atoms with Crippen LogP contribution in [0.25, 0.3) is 11.1 Å². The van der Waals surface area contributed by atoms with Crippen LogP contribution in [0, 0.1) is 0 Å². The topological polar surface area (TPSA) is 55.1 Å². The van der Waals surface area contributed by atoms with E-state index < -0.39 is 0 Å². The summed E-state index contributed by atoms with van der Waals surface area (Å²) in [5.74, 6) is 0.341. The van der Waals surface area contributed by atoms with E-state index in [-0.39, 0.29) is 11.9 Å². The van der Waals surface area contributed by atoms with E-state index in [1.807, 2.05) is 38.1 Å². The largest absolute Gasteiger partial charge is 0.431 e. The number of rotatable bonds is 5. The van der Waals surface area contributed by atoms with Crippen molar-refractivity contribution in [3.8, 4) is 0 Å². The summed E-state index contributed by atoms with van der Waals surface area (Å²) in [6, 6.07) is 7.78. The van der Waals surface area contributed by atoms with E-state index in [0.717, 1.165) is 17.5 Å². The zero-order valence-corrected chi connectivity index (χ0v) is 11.3. The average Bonchev–Trinajstić information content (AvgIpc) is 2.79. The Labute approximate surface area is 110 Å². The van der Waals surface area contributed by atoms with Crippen LogP contribution in [0.4, 0.5) is 0 Å². The Kier molecular flexibility index (Phi) is 4.25. The summed E-state index contributed by atoms with van der Waals surface area (Å²) in [5.41, 5.74) is 1.57. The van der Waals surface area contributed by atoms with Gasteiger partial charge in [-0.2, -0.15) is 0 Å². The zero-order valence-electron chi connectivity index (χ0n) is 10.5. The lowest BCUT2D eigenvalue weighted by molar-refractivity contribution is -0.119. The number of benzene rings is 1. The Morgan fingerprint density at radius 3 is 3.00 bits per heavy atom. The molecule has 18 heavy (non-hydrogen) atoms. The minimum absolute atomic E-state index is 0.0107. The summed E-state index contributed by atoms with van der Waals surface area (Å²) in [7, 11) is 0. The second-order valence-electron chi connectivity index (χ2n) is 4.11. The first kappa shape index (κ1) is 13.0. The van der Waals surface area contributed by atoms with Gasteiger partial charge in [0.25, 0.3) is 5.22 Å². The Balaban J connectivity index is 1.92. The van der Waals surface area contributed by atoms with Crippen molar-refractivity contribution in [2.45, 2.75) is 31.5 Å². The van der Waals surface area contributed by atoms with Crippen LogP contribution in [0.3, 0.4) is 0 Å².